The van der Waals surface area contributed by atoms with Crippen LogP contribution in [0.25, 0.3) is 0 Å². The van der Waals surface area contributed by atoms with E-state index in [1.807, 2.05) is 12.1 Å². The Morgan fingerprint density at radius 2 is 0.943 bits per heavy atom. The molecule has 1 amide bonds. The van der Waals surface area contributed by atoms with Crippen LogP contribution in [0.2, 0.25) is 0 Å². The largest absolute Gasteiger partial charge is 0.747 e. The van der Waals surface area contributed by atoms with E-state index in [4.69, 9.17) is 0 Å². The van der Waals surface area contributed by atoms with Crippen molar-refractivity contribution in [2.75, 3.05) is 6.54 Å². The van der Waals surface area contributed by atoms with Crippen molar-refractivity contribution in [2.24, 2.45) is 0 Å². The Labute approximate surface area is 330 Å². The van der Waals surface area contributed by atoms with Crippen LogP contribution >= 0.6 is 0 Å². The van der Waals surface area contributed by atoms with Crippen LogP contribution in [0.1, 0.15) is 243 Å². The molecule has 0 saturated carbocycles. The van der Waals surface area contributed by atoms with Crippen LogP contribution in [0.15, 0.2) is 18.2 Å². The maximum Gasteiger partial charge on any atom is 0.219 e. The summed E-state index contributed by atoms with van der Waals surface area (Å²) in [5.41, 5.74) is 2.78. The number of carbonyl (C=O) groups excluding carboxylic acids is 1. The van der Waals surface area contributed by atoms with Gasteiger partial charge >= 0.3 is 0 Å². The van der Waals surface area contributed by atoms with Crippen LogP contribution in [0.4, 0.5) is 0 Å². The third-order valence-corrected chi connectivity index (χ3v) is 12.7. The van der Waals surface area contributed by atoms with E-state index in [9.17, 15) is 17.8 Å². The van der Waals surface area contributed by atoms with Crippen molar-refractivity contribution in [1.82, 2.24) is 11.5 Å². The minimum atomic E-state index is -4.52. The molecule has 1 rings (SSSR count). The monoisotopic (exact) mass is 765 g/mol. The molecule has 1 aromatic carbocycles. The third-order valence-electron chi connectivity index (χ3n) is 11.3. The van der Waals surface area contributed by atoms with Gasteiger partial charge in [-0.1, -0.05) is 205 Å². The molecule has 312 valence electrons. The fourth-order valence-corrected chi connectivity index (χ4v) is 8.07. The molecule has 0 aliphatic rings. The van der Waals surface area contributed by atoms with Crippen LogP contribution in [-0.2, 0) is 32.5 Å². The average Bonchev–Trinajstić information content (AvgIpc) is 3.11. The molecule has 53 heavy (non-hydrogen) atoms. The lowest BCUT2D eigenvalue weighted by atomic mass is 9.88. The van der Waals surface area contributed by atoms with E-state index in [0.717, 1.165) is 56.1 Å². The summed E-state index contributed by atoms with van der Waals surface area (Å²) in [6.07, 6.45) is 40.9. The van der Waals surface area contributed by atoms with Gasteiger partial charge < -0.3 is 16.0 Å². The fraction of sp³-hybridized carbons (Fsp3) is 0.848. The molecule has 0 aliphatic heterocycles. The summed E-state index contributed by atoms with van der Waals surface area (Å²) in [7, 11) is -4.52. The Bertz CT molecular complexity index is 1100. The summed E-state index contributed by atoms with van der Waals surface area (Å²) in [4.78, 5) is 12.5. The maximum absolute atomic E-state index is 12.5. The van der Waals surface area contributed by atoms with E-state index in [2.05, 4.69) is 25.2 Å². The number of hydrogen-bond acceptors (Lipinski definition) is 4. The quantitative estimate of drug-likeness (QED) is 0.0517. The first kappa shape index (κ1) is 51.6. The number of quaternary nitrogens is 1. The Morgan fingerprint density at radius 1 is 0.566 bits per heavy atom. The standard InChI is InChI=1S/C46H85NO4S.H3N/c1-5-7-9-11-13-15-17-19-21-23-25-27-29-31-33-40-45(48)47-41-35-37-42-36-34-39-44(46(3,4)52(49,50)51)43(42)38-32-30-28-26-24-22-20-18-16-14-12-10-8-6-2;/h34,36,39H,5-33,35,37-38,40-41H2,1-4H3,(H,47,48)(H,49,50,51);1H3. The SMILES string of the molecule is CCCCCCCCCCCCCCCCCC(=O)NCCCc1cccc(C(C)(C)S(=O)(=O)[O-])c1CCCCCCCCCCCCCCCC.[NH4+]. The lowest BCUT2D eigenvalue weighted by Gasteiger charge is -2.32. The van der Waals surface area contributed by atoms with Gasteiger partial charge in [0, 0.05) is 13.0 Å². The molecule has 6 nitrogen and oxygen atoms in total. The highest BCUT2D eigenvalue weighted by Crippen LogP contribution is 2.34. The topological polar surface area (TPSA) is 123 Å². The van der Waals surface area contributed by atoms with Crippen molar-refractivity contribution in [3.8, 4) is 0 Å². The van der Waals surface area contributed by atoms with Gasteiger partial charge in [-0.2, -0.15) is 0 Å². The number of hydrogen-bond donors (Lipinski definition) is 2. The molecule has 0 heterocycles. The minimum Gasteiger partial charge on any atom is -0.747 e. The number of nitrogens with one attached hydrogen (secondary N) is 1. The predicted octanol–water partition coefficient (Wildman–Crippen LogP) is 14.2. The van der Waals surface area contributed by atoms with Crippen LogP contribution in [0.3, 0.4) is 0 Å². The van der Waals surface area contributed by atoms with E-state index < -0.39 is 14.9 Å². The average molecular weight is 765 g/mol. The first-order valence-electron chi connectivity index (χ1n) is 22.5. The Kier molecular flexibility index (Phi) is 32.9. The fourth-order valence-electron chi connectivity index (χ4n) is 7.61. The van der Waals surface area contributed by atoms with E-state index >= 15 is 0 Å². The molecule has 0 spiro atoms. The van der Waals surface area contributed by atoms with Crippen molar-refractivity contribution in [1.29, 1.82) is 0 Å². The van der Waals surface area contributed by atoms with Crippen molar-refractivity contribution < 1.29 is 17.8 Å². The first-order chi connectivity index (χ1) is 25.1. The molecule has 0 fully saturated rings. The second-order valence-electron chi connectivity index (χ2n) is 16.4. The van der Waals surface area contributed by atoms with Gasteiger partial charge in [0.05, 0.1) is 4.75 Å². The second-order valence-corrected chi connectivity index (χ2v) is 18.3. The zero-order chi connectivity index (χ0) is 38.2. The zero-order valence-corrected chi connectivity index (χ0v) is 36.6. The summed E-state index contributed by atoms with van der Waals surface area (Å²) in [6.45, 7) is 8.25. The van der Waals surface area contributed by atoms with Gasteiger partial charge in [0.15, 0.2) is 0 Å². The van der Waals surface area contributed by atoms with Crippen LogP contribution in [-0.4, -0.2) is 25.4 Å². The minimum absolute atomic E-state index is 0. The van der Waals surface area contributed by atoms with Crippen molar-refractivity contribution in [2.45, 2.75) is 244 Å². The highest BCUT2D eigenvalue weighted by molar-refractivity contribution is 7.86. The normalized spacial score (nSPS) is 11.9. The predicted molar refractivity (Wildman–Crippen MR) is 230 cm³/mol. The van der Waals surface area contributed by atoms with Gasteiger partial charge in [0.2, 0.25) is 5.91 Å². The van der Waals surface area contributed by atoms with Gasteiger partial charge in [-0.3, -0.25) is 4.79 Å². The van der Waals surface area contributed by atoms with Crippen LogP contribution in [0, 0.1) is 0 Å². The summed E-state index contributed by atoms with van der Waals surface area (Å²) in [5, 5.41) is 3.10. The lowest BCUT2D eigenvalue weighted by Crippen LogP contribution is -2.30. The molecule has 0 bridgehead atoms. The highest BCUT2D eigenvalue weighted by Gasteiger charge is 2.31. The van der Waals surface area contributed by atoms with Gasteiger partial charge in [-0.15, -0.1) is 0 Å². The lowest BCUT2D eigenvalue weighted by molar-refractivity contribution is -0.121. The second kappa shape index (κ2) is 33.9. The molecule has 0 aliphatic carbocycles. The molecule has 0 atom stereocenters. The third kappa shape index (κ3) is 26.1. The van der Waals surface area contributed by atoms with Gasteiger partial charge in [0.25, 0.3) is 0 Å². The molecular weight excluding hydrogens is 677 g/mol. The Morgan fingerprint density at radius 3 is 1.34 bits per heavy atom. The molecular formula is C46H88N2O4S. The van der Waals surface area contributed by atoms with Crippen molar-refractivity contribution in [3.63, 3.8) is 0 Å². The summed E-state index contributed by atoms with van der Waals surface area (Å²) in [6, 6.07) is 5.80. The molecule has 0 unspecified atom stereocenters. The summed E-state index contributed by atoms with van der Waals surface area (Å²) >= 11 is 0. The molecule has 0 radical (unpaired) electrons. The number of unbranched alkanes of at least 4 members (excludes halogenated alkanes) is 27. The smallest absolute Gasteiger partial charge is 0.219 e. The van der Waals surface area contributed by atoms with Crippen LogP contribution in [0.5, 0.6) is 0 Å². The van der Waals surface area contributed by atoms with Gasteiger partial charge in [-0.25, -0.2) is 8.42 Å². The maximum atomic E-state index is 12.5. The summed E-state index contributed by atoms with van der Waals surface area (Å²) < 4.78 is 35.4. The van der Waals surface area contributed by atoms with Crippen molar-refractivity contribution in [3.05, 3.63) is 34.9 Å². The van der Waals surface area contributed by atoms with E-state index in [0.29, 0.717) is 18.5 Å². The molecule has 0 aromatic heterocycles. The Balaban J connectivity index is 0.0000270. The van der Waals surface area contributed by atoms with E-state index in [-0.39, 0.29) is 12.1 Å². The van der Waals surface area contributed by atoms with Gasteiger partial charge in [-0.05, 0) is 62.6 Å². The molecule has 5 N–H and O–H groups in total. The zero-order valence-electron chi connectivity index (χ0n) is 35.8. The number of amides is 1. The number of carbonyl (C=O) groups is 1. The van der Waals surface area contributed by atoms with E-state index in [1.54, 1.807) is 13.8 Å². The molecule has 7 heteroatoms. The molecule has 1 aromatic rings. The highest BCUT2D eigenvalue weighted by atomic mass is 32.2. The number of rotatable bonds is 37. The summed E-state index contributed by atoms with van der Waals surface area (Å²) in [5.74, 6) is 0.129. The van der Waals surface area contributed by atoms with Crippen molar-refractivity contribution >= 4 is 16.0 Å². The van der Waals surface area contributed by atoms with Gasteiger partial charge in [0.1, 0.15) is 10.1 Å². The van der Waals surface area contributed by atoms with Crippen LogP contribution < -0.4 is 11.5 Å². The Hall–Kier alpha value is -1.44. The molecule has 0 saturated heterocycles. The number of aryl methyl sites for hydroxylation is 1. The first-order valence-corrected chi connectivity index (χ1v) is 23.9. The van der Waals surface area contributed by atoms with E-state index in [1.165, 1.54) is 161 Å². The number of benzene rings is 1.